The Morgan fingerprint density at radius 2 is 2.24 bits per heavy atom. The maximum Gasteiger partial charge on any atom is 0.279 e. The van der Waals surface area contributed by atoms with Gasteiger partial charge in [0.25, 0.3) is 10.2 Å². The molecule has 1 N–H and O–H groups in total. The van der Waals surface area contributed by atoms with E-state index in [1.807, 2.05) is 0 Å². The Hall–Kier alpha value is 0.350. The second-order valence-corrected chi connectivity index (χ2v) is 7.90. The van der Waals surface area contributed by atoms with E-state index in [1.54, 1.807) is 4.31 Å². The monoisotopic (exact) mass is 326 g/mol. The zero-order chi connectivity index (χ0) is 12.9. The van der Waals surface area contributed by atoms with Crippen LogP contribution in [0.3, 0.4) is 0 Å². The Morgan fingerprint density at radius 1 is 1.53 bits per heavy atom. The van der Waals surface area contributed by atoms with E-state index in [2.05, 4.69) is 34.5 Å². The van der Waals surface area contributed by atoms with Crippen LogP contribution in [0.15, 0.2) is 0 Å². The van der Waals surface area contributed by atoms with Crippen molar-refractivity contribution in [3.63, 3.8) is 0 Å². The van der Waals surface area contributed by atoms with E-state index in [0.29, 0.717) is 25.6 Å². The Labute approximate surface area is 113 Å². The van der Waals surface area contributed by atoms with Crippen molar-refractivity contribution in [3.8, 4) is 0 Å². The SMILES string of the molecule is CCCC(Br)CNS(=O)(=O)N1CCCC(C)C1. The quantitative estimate of drug-likeness (QED) is 0.760. The highest BCUT2D eigenvalue weighted by molar-refractivity contribution is 9.09. The summed E-state index contributed by atoms with van der Waals surface area (Å²) in [6, 6.07) is 0. The lowest BCUT2D eigenvalue weighted by molar-refractivity contribution is 0.278. The molecule has 1 aliphatic heterocycles. The maximum absolute atomic E-state index is 12.0. The van der Waals surface area contributed by atoms with Gasteiger partial charge in [0.1, 0.15) is 0 Å². The van der Waals surface area contributed by atoms with E-state index in [9.17, 15) is 8.42 Å². The van der Waals surface area contributed by atoms with Crippen molar-refractivity contribution in [3.05, 3.63) is 0 Å². The van der Waals surface area contributed by atoms with Gasteiger partial charge in [0.2, 0.25) is 0 Å². The molecule has 0 radical (unpaired) electrons. The van der Waals surface area contributed by atoms with Crippen molar-refractivity contribution >= 4 is 26.1 Å². The molecule has 0 amide bonds. The van der Waals surface area contributed by atoms with Gasteiger partial charge in [-0.2, -0.15) is 12.7 Å². The van der Waals surface area contributed by atoms with Gasteiger partial charge >= 0.3 is 0 Å². The number of piperidine rings is 1. The summed E-state index contributed by atoms with van der Waals surface area (Å²) in [6.45, 7) is 5.97. The van der Waals surface area contributed by atoms with Gasteiger partial charge in [-0.1, -0.05) is 36.2 Å². The Kier molecular flexibility index (Phi) is 6.40. The van der Waals surface area contributed by atoms with Crippen LogP contribution in [0.1, 0.15) is 39.5 Å². The molecule has 0 saturated carbocycles. The molecule has 0 aromatic carbocycles. The standard InChI is InChI=1S/C11H23BrN2O2S/c1-3-5-11(12)8-13-17(15,16)14-7-4-6-10(2)9-14/h10-11,13H,3-9H2,1-2H3. The molecule has 1 aliphatic rings. The first-order valence-electron chi connectivity index (χ1n) is 6.34. The Balaban J connectivity index is 2.44. The van der Waals surface area contributed by atoms with Crippen LogP contribution in [-0.4, -0.2) is 37.2 Å². The van der Waals surface area contributed by atoms with Gasteiger partial charge in [-0.25, -0.2) is 4.72 Å². The zero-order valence-corrected chi connectivity index (χ0v) is 13.1. The minimum Gasteiger partial charge on any atom is -0.201 e. The molecule has 1 heterocycles. The average molecular weight is 327 g/mol. The van der Waals surface area contributed by atoms with Gasteiger partial charge in [0.05, 0.1) is 0 Å². The molecule has 0 aromatic rings. The molecule has 0 aliphatic carbocycles. The lowest BCUT2D eigenvalue weighted by Gasteiger charge is -2.30. The highest BCUT2D eigenvalue weighted by Crippen LogP contribution is 2.18. The van der Waals surface area contributed by atoms with E-state index >= 15 is 0 Å². The summed E-state index contributed by atoms with van der Waals surface area (Å²) in [5.74, 6) is 0.468. The lowest BCUT2D eigenvalue weighted by atomic mass is 10.0. The first-order chi connectivity index (χ1) is 7.95. The van der Waals surface area contributed by atoms with Crippen LogP contribution in [0.25, 0.3) is 0 Å². The van der Waals surface area contributed by atoms with E-state index in [4.69, 9.17) is 0 Å². The molecule has 2 unspecified atom stereocenters. The average Bonchev–Trinajstić information content (AvgIpc) is 2.27. The van der Waals surface area contributed by atoms with Crippen molar-refractivity contribution in [1.29, 1.82) is 0 Å². The maximum atomic E-state index is 12.0. The first kappa shape index (κ1) is 15.4. The predicted octanol–water partition coefficient (Wildman–Crippen LogP) is 2.12. The van der Waals surface area contributed by atoms with E-state index in [-0.39, 0.29) is 4.83 Å². The number of nitrogens with one attached hydrogen (secondary N) is 1. The lowest BCUT2D eigenvalue weighted by Crippen LogP contribution is -2.46. The van der Waals surface area contributed by atoms with Crippen LogP contribution >= 0.6 is 15.9 Å². The van der Waals surface area contributed by atoms with E-state index < -0.39 is 10.2 Å². The highest BCUT2D eigenvalue weighted by Gasteiger charge is 2.26. The molecule has 4 nitrogen and oxygen atoms in total. The topological polar surface area (TPSA) is 49.4 Å². The van der Waals surface area contributed by atoms with Crippen LogP contribution in [0.4, 0.5) is 0 Å². The van der Waals surface area contributed by atoms with Crippen LogP contribution in [0.2, 0.25) is 0 Å². The predicted molar refractivity (Wildman–Crippen MR) is 74.5 cm³/mol. The van der Waals surface area contributed by atoms with E-state index in [1.165, 1.54) is 0 Å². The summed E-state index contributed by atoms with van der Waals surface area (Å²) in [4.78, 5) is 0.226. The smallest absolute Gasteiger partial charge is 0.201 e. The third-order valence-electron chi connectivity index (χ3n) is 3.05. The third-order valence-corrected chi connectivity index (χ3v) is 5.37. The zero-order valence-electron chi connectivity index (χ0n) is 10.7. The number of hydrogen-bond acceptors (Lipinski definition) is 2. The summed E-state index contributed by atoms with van der Waals surface area (Å²) >= 11 is 3.48. The fourth-order valence-electron chi connectivity index (χ4n) is 2.07. The van der Waals surface area contributed by atoms with Crippen LogP contribution in [-0.2, 0) is 10.2 Å². The molecule has 1 rings (SSSR count). The van der Waals surface area contributed by atoms with Gasteiger partial charge in [0, 0.05) is 24.5 Å². The molecule has 0 spiro atoms. The van der Waals surface area contributed by atoms with Gasteiger partial charge in [-0.05, 0) is 25.2 Å². The minimum atomic E-state index is -3.28. The fourth-order valence-corrected chi connectivity index (χ4v) is 4.32. The molecule has 6 heteroatoms. The Morgan fingerprint density at radius 3 is 2.82 bits per heavy atom. The van der Waals surface area contributed by atoms with Crippen molar-refractivity contribution in [2.24, 2.45) is 5.92 Å². The summed E-state index contributed by atoms with van der Waals surface area (Å²) in [6.07, 6.45) is 4.13. The highest BCUT2D eigenvalue weighted by atomic mass is 79.9. The summed E-state index contributed by atoms with van der Waals surface area (Å²) in [5.41, 5.74) is 0. The minimum absolute atomic E-state index is 0.226. The second kappa shape index (κ2) is 7.07. The molecular formula is C11H23BrN2O2S. The molecule has 1 saturated heterocycles. The van der Waals surface area contributed by atoms with Crippen molar-refractivity contribution in [2.75, 3.05) is 19.6 Å². The van der Waals surface area contributed by atoms with Crippen molar-refractivity contribution in [1.82, 2.24) is 9.03 Å². The summed E-state index contributed by atoms with van der Waals surface area (Å²) in [7, 11) is -3.28. The molecule has 0 bridgehead atoms. The molecule has 2 atom stereocenters. The van der Waals surface area contributed by atoms with Gasteiger partial charge in [0.15, 0.2) is 0 Å². The van der Waals surface area contributed by atoms with Crippen molar-refractivity contribution in [2.45, 2.75) is 44.4 Å². The normalized spacial score (nSPS) is 24.8. The fraction of sp³-hybridized carbons (Fsp3) is 1.00. The molecule has 0 aromatic heterocycles. The number of halogens is 1. The van der Waals surface area contributed by atoms with Crippen LogP contribution in [0.5, 0.6) is 0 Å². The van der Waals surface area contributed by atoms with Crippen molar-refractivity contribution < 1.29 is 8.42 Å². The number of nitrogens with zero attached hydrogens (tertiary/aromatic N) is 1. The molecule has 17 heavy (non-hydrogen) atoms. The van der Waals surface area contributed by atoms with Gasteiger partial charge in [-0.15, -0.1) is 0 Å². The Bertz CT molecular complexity index is 321. The van der Waals surface area contributed by atoms with Gasteiger partial charge < -0.3 is 0 Å². The largest absolute Gasteiger partial charge is 0.279 e. The van der Waals surface area contributed by atoms with E-state index in [0.717, 1.165) is 25.7 Å². The van der Waals surface area contributed by atoms with Crippen LogP contribution in [0, 0.1) is 5.92 Å². The van der Waals surface area contributed by atoms with Crippen LogP contribution < -0.4 is 4.72 Å². The molecule has 102 valence electrons. The summed E-state index contributed by atoms with van der Waals surface area (Å²) < 4.78 is 28.3. The second-order valence-electron chi connectivity index (χ2n) is 4.84. The molecule has 1 fully saturated rings. The molecular weight excluding hydrogens is 304 g/mol. The van der Waals surface area contributed by atoms with Gasteiger partial charge in [-0.3, -0.25) is 0 Å². The third kappa shape index (κ3) is 5.24. The number of hydrogen-bond donors (Lipinski definition) is 1. The number of alkyl halides is 1. The first-order valence-corrected chi connectivity index (χ1v) is 8.70. The summed E-state index contributed by atoms with van der Waals surface area (Å²) in [5, 5.41) is 0. The number of rotatable bonds is 6.